The molecule has 0 aliphatic rings. The number of carboxylic acid groups (broad SMARTS) is 1. The van der Waals surface area contributed by atoms with Crippen LogP contribution in [0.5, 0.6) is 0 Å². The first-order valence-corrected chi connectivity index (χ1v) is 14.8. The highest BCUT2D eigenvalue weighted by atomic mass is 16.5. The van der Waals surface area contributed by atoms with Crippen molar-refractivity contribution in [2.24, 2.45) is 11.8 Å². The Morgan fingerprint density at radius 1 is 0.791 bits per heavy atom. The molecule has 0 radical (unpaired) electrons. The molecular weight excluding hydrogens is 540 g/mol. The third kappa shape index (κ3) is 9.43. The number of carbonyl (C=O) groups excluding carboxylic acids is 2. The summed E-state index contributed by atoms with van der Waals surface area (Å²) in [4.78, 5) is 40.9. The smallest absolute Gasteiger partial charge is 0.326 e. The minimum Gasteiger partial charge on any atom is -0.480 e. The molecule has 0 saturated carbocycles. The van der Waals surface area contributed by atoms with Crippen LogP contribution >= 0.6 is 0 Å². The molecular formula is C36H40N2O5. The molecule has 2 atom stereocenters. The molecule has 0 fully saturated rings. The van der Waals surface area contributed by atoms with Crippen molar-refractivity contribution < 1.29 is 24.2 Å². The van der Waals surface area contributed by atoms with Gasteiger partial charge in [-0.05, 0) is 46.2 Å². The van der Waals surface area contributed by atoms with Crippen LogP contribution in [0.1, 0.15) is 37.0 Å². The molecule has 0 aromatic heterocycles. The van der Waals surface area contributed by atoms with Crippen molar-refractivity contribution in [2.75, 3.05) is 13.1 Å². The number of hydrogen-bond donors (Lipinski definition) is 2. The van der Waals surface area contributed by atoms with Gasteiger partial charge in [-0.2, -0.15) is 0 Å². The molecule has 2 amide bonds. The van der Waals surface area contributed by atoms with Gasteiger partial charge < -0.3 is 20.1 Å². The van der Waals surface area contributed by atoms with Gasteiger partial charge in [-0.25, -0.2) is 9.59 Å². The number of benzene rings is 4. The number of nitrogens with zero attached hydrogens (tertiary/aromatic N) is 1. The van der Waals surface area contributed by atoms with Crippen molar-refractivity contribution in [3.05, 3.63) is 120 Å². The highest BCUT2D eigenvalue weighted by molar-refractivity contribution is 5.88. The summed E-state index contributed by atoms with van der Waals surface area (Å²) >= 11 is 0. The zero-order chi connectivity index (χ0) is 30.6. The molecule has 0 spiro atoms. The average molecular weight is 581 g/mol. The van der Waals surface area contributed by atoms with E-state index in [-0.39, 0.29) is 31.5 Å². The number of ether oxygens (including phenoxy) is 1. The van der Waals surface area contributed by atoms with Crippen LogP contribution in [0.3, 0.4) is 0 Å². The Labute approximate surface area is 253 Å². The van der Waals surface area contributed by atoms with Gasteiger partial charge in [-0.3, -0.25) is 4.79 Å². The van der Waals surface area contributed by atoms with Crippen LogP contribution in [0.25, 0.3) is 10.8 Å². The zero-order valence-electron chi connectivity index (χ0n) is 24.8. The van der Waals surface area contributed by atoms with E-state index in [1.165, 1.54) is 0 Å². The molecule has 4 aromatic rings. The summed E-state index contributed by atoms with van der Waals surface area (Å²) in [6, 6.07) is 31.2. The summed E-state index contributed by atoms with van der Waals surface area (Å²) in [5, 5.41) is 14.8. The van der Waals surface area contributed by atoms with E-state index in [2.05, 4.69) is 5.32 Å². The van der Waals surface area contributed by atoms with Crippen LogP contribution < -0.4 is 5.32 Å². The van der Waals surface area contributed by atoms with Gasteiger partial charge in [0.2, 0.25) is 0 Å². The van der Waals surface area contributed by atoms with E-state index in [4.69, 9.17) is 4.74 Å². The number of hydrogen-bond acceptors (Lipinski definition) is 4. The van der Waals surface area contributed by atoms with E-state index in [0.29, 0.717) is 19.4 Å². The lowest BCUT2D eigenvalue weighted by Crippen LogP contribution is -2.51. The van der Waals surface area contributed by atoms with Crippen molar-refractivity contribution >= 4 is 28.7 Å². The molecule has 4 aromatic carbocycles. The summed E-state index contributed by atoms with van der Waals surface area (Å²) in [5.74, 6) is -1.99. The molecule has 7 nitrogen and oxygen atoms in total. The SMILES string of the molecule is CC(C)CN(C[C@H](CCc1ccccc1)C(=O)OCc1ccccc1)C(=O)N[C@@H](Cc1cccc2ccccc12)C(=O)O. The number of carboxylic acids is 1. The molecule has 0 bridgehead atoms. The van der Waals surface area contributed by atoms with E-state index in [1.807, 2.05) is 117 Å². The van der Waals surface area contributed by atoms with Crippen molar-refractivity contribution in [3.8, 4) is 0 Å². The predicted octanol–water partition coefficient (Wildman–Crippen LogP) is 6.50. The number of nitrogens with one attached hydrogen (secondary N) is 1. The number of fused-ring (bicyclic) bond motifs is 1. The highest BCUT2D eigenvalue weighted by Gasteiger charge is 2.29. The predicted molar refractivity (Wildman–Crippen MR) is 169 cm³/mol. The Balaban J connectivity index is 1.51. The van der Waals surface area contributed by atoms with Gasteiger partial charge in [0, 0.05) is 19.5 Å². The molecule has 0 saturated heterocycles. The van der Waals surface area contributed by atoms with Crippen LogP contribution in [-0.4, -0.2) is 47.1 Å². The van der Waals surface area contributed by atoms with Crippen LogP contribution in [0.4, 0.5) is 4.79 Å². The Morgan fingerprint density at radius 2 is 1.42 bits per heavy atom. The zero-order valence-corrected chi connectivity index (χ0v) is 24.8. The number of aliphatic carboxylic acids is 1. The van der Waals surface area contributed by atoms with Crippen LogP contribution in [0.2, 0.25) is 0 Å². The maximum atomic E-state index is 13.7. The molecule has 2 N–H and O–H groups in total. The van der Waals surface area contributed by atoms with Crippen molar-refractivity contribution in [2.45, 2.75) is 45.8 Å². The van der Waals surface area contributed by atoms with Crippen molar-refractivity contribution in [1.29, 1.82) is 0 Å². The minimum absolute atomic E-state index is 0.0993. The van der Waals surface area contributed by atoms with Gasteiger partial charge in [-0.15, -0.1) is 0 Å². The third-order valence-electron chi connectivity index (χ3n) is 7.39. The van der Waals surface area contributed by atoms with E-state index < -0.39 is 24.0 Å². The Morgan fingerprint density at radius 3 is 2.09 bits per heavy atom. The second-order valence-electron chi connectivity index (χ2n) is 11.3. The average Bonchev–Trinajstić information content (AvgIpc) is 3.01. The Bertz CT molecular complexity index is 1480. The van der Waals surface area contributed by atoms with Crippen LogP contribution in [0, 0.1) is 11.8 Å². The number of amides is 2. The molecule has 7 heteroatoms. The largest absolute Gasteiger partial charge is 0.480 e. The molecule has 0 unspecified atom stereocenters. The maximum Gasteiger partial charge on any atom is 0.326 e. The summed E-state index contributed by atoms with van der Waals surface area (Å²) in [6.45, 7) is 4.59. The molecule has 0 heterocycles. The Hall–Kier alpha value is -4.65. The van der Waals surface area contributed by atoms with Gasteiger partial charge in [0.15, 0.2) is 0 Å². The molecule has 4 rings (SSSR count). The molecule has 224 valence electrons. The number of aryl methyl sites for hydroxylation is 1. The number of urea groups is 1. The van der Waals surface area contributed by atoms with Crippen LogP contribution in [0.15, 0.2) is 103 Å². The standard InChI is InChI=1S/C36H40N2O5/c1-26(2)23-38(36(42)37-33(34(39)40)22-30-18-11-17-29-16-9-10-19-32(29)30)24-31(21-20-27-12-5-3-6-13-27)35(41)43-25-28-14-7-4-8-15-28/h3-19,26,31,33H,20-25H2,1-2H3,(H,37,42)(H,39,40)/t31-,33-/m0/s1. The highest BCUT2D eigenvalue weighted by Crippen LogP contribution is 2.21. The topological polar surface area (TPSA) is 95.9 Å². The number of rotatable bonds is 14. The van der Waals surface area contributed by atoms with Crippen molar-refractivity contribution in [3.63, 3.8) is 0 Å². The fraction of sp³-hybridized carbons (Fsp3) is 0.306. The fourth-order valence-corrected chi connectivity index (χ4v) is 5.19. The first-order valence-electron chi connectivity index (χ1n) is 14.8. The first kappa shape index (κ1) is 31.3. The monoisotopic (exact) mass is 580 g/mol. The summed E-state index contributed by atoms with van der Waals surface area (Å²) in [7, 11) is 0. The maximum absolute atomic E-state index is 13.7. The third-order valence-corrected chi connectivity index (χ3v) is 7.39. The lowest BCUT2D eigenvalue weighted by molar-refractivity contribution is -0.150. The van der Waals surface area contributed by atoms with Gasteiger partial charge in [0.1, 0.15) is 12.6 Å². The van der Waals surface area contributed by atoms with Gasteiger partial charge in [0.25, 0.3) is 0 Å². The van der Waals surface area contributed by atoms with Gasteiger partial charge in [-0.1, -0.05) is 117 Å². The lowest BCUT2D eigenvalue weighted by atomic mass is 9.98. The minimum atomic E-state index is -1.14. The summed E-state index contributed by atoms with van der Waals surface area (Å²) in [5.41, 5.74) is 2.81. The van der Waals surface area contributed by atoms with E-state index in [1.54, 1.807) is 4.90 Å². The Kier molecular flexibility index (Phi) is 11.3. The summed E-state index contributed by atoms with van der Waals surface area (Å²) < 4.78 is 5.71. The normalized spacial score (nSPS) is 12.4. The second kappa shape index (κ2) is 15.5. The fourth-order valence-electron chi connectivity index (χ4n) is 5.19. The molecule has 43 heavy (non-hydrogen) atoms. The van der Waals surface area contributed by atoms with E-state index in [9.17, 15) is 19.5 Å². The first-order chi connectivity index (χ1) is 20.8. The van der Waals surface area contributed by atoms with Gasteiger partial charge >= 0.3 is 18.0 Å². The van der Waals surface area contributed by atoms with Gasteiger partial charge in [0.05, 0.1) is 5.92 Å². The summed E-state index contributed by atoms with van der Waals surface area (Å²) in [6.07, 6.45) is 1.26. The van der Waals surface area contributed by atoms with E-state index in [0.717, 1.165) is 27.5 Å². The van der Waals surface area contributed by atoms with E-state index >= 15 is 0 Å². The molecule has 0 aliphatic carbocycles. The molecule has 0 aliphatic heterocycles. The number of carbonyl (C=O) groups is 3. The van der Waals surface area contributed by atoms with Crippen LogP contribution in [-0.2, 0) is 33.8 Å². The quantitative estimate of drug-likeness (QED) is 0.166. The van der Waals surface area contributed by atoms with Crippen molar-refractivity contribution in [1.82, 2.24) is 10.2 Å². The number of esters is 1. The second-order valence-corrected chi connectivity index (χ2v) is 11.3. The lowest BCUT2D eigenvalue weighted by Gasteiger charge is -2.30.